The first-order valence-corrected chi connectivity index (χ1v) is 9.09. The number of aromatic nitrogens is 2. The Bertz CT molecular complexity index is 855. The van der Waals surface area contributed by atoms with Crippen molar-refractivity contribution in [3.63, 3.8) is 0 Å². The Morgan fingerprint density at radius 3 is 2.65 bits per heavy atom. The summed E-state index contributed by atoms with van der Waals surface area (Å²) in [6.45, 7) is 6.05. The van der Waals surface area contributed by atoms with Gasteiger partial charge in [0.2, 0.25) is 11.8 Å². The van der Waals surface area contributed by atoms with Gasteiger partial charge < -0.3 is 10.6 Å². The number of aryl methyl sites for hydroxylation is 3. The molecule has 1 heterocycles. The van der Waals surface area contributed by atoms with Gasteiger partial charge in [0.05, 0.1) is 5.69 Å². The van der Waals surface area contributed by atoms with E-state index in [0.29, 0.717) is 0 Å². The molecule has 0 radical (unpaired) electrons. The molecule has 0 atom stereocenters. The Labute approximate surface area is 161 Å². The summed E-state index contributed by atoms with van der Waals surface area (Å²) in [7, 11) is 1.87. The van der Waals surface area contributed by atoms with Gasteiger partial charge in [-0.15, -0.1) is 0 Å². The van der Waals surface area contributed by atoms with E-state index >= 15 is 0 Å². The second-order valence-corrected chi connectivity index (χ2v) is 7.01. The second kappa shape index (κ2) is 8.80. The van der Waals surface area contributed by atoms with Crippen molar-refractivity contribution in [1.29, 1.82) is 0 Å². The Hall–Kier alpha value is -2.41. The Morgan fingerprint density at radius 1 is 1.27 bits per heavy atom. The van der Waals surface area contributed by atoms with Gasteiger partial charge in [-0.1, -0.05) is 22.0 Å². The number of halogens is 1. The zero-order chi connectivity index (χ0) is 19.3. The van der Waals surface area contributed by atoms with Gasteiger partial charge in [-0.2, -0.15) is 5.10 Å². The van der Waals surface area contributed by atoms with Crippen LogP contribution in [0.1, 0.15) is 28.9 Å². The summed E-state index contributed by atoms with van der Waals surface area (Å²) in [5.74, 6) is -0.381. The maximum absolute atomic E-state index is 12.0. The van der Waals surface area contributed by atoms with E-state index in [2.05, 4.69) is 31.7 Å². The van der Waals surface area contributed by atoms with Crippen LogP contribution in [0.2, 0.25) is 0 Å². The minimum atomic E-state index is -0.237. The lowest BCUT2D eigenvalue weighted by Crippen LogP contribution is -2.26. The fourth-order valence-electron chi connectivity index (χ4n) is 2.49. The third-order valence-corrected chi connectivity index (χ3v) is 4.58. The van der Waals surface area contributed by atoms with Crippen molar-refractivity contribution in [1.82, 2.24) is 15.1 Å². The number of anilines is 1. The van der Waals surface area contributed by atoms with Crippen LogP contribution in [0.15, 0.2) is 28.7 Å². The average Bonchev–Trinajstić information content (AvgIpc) is 2.81. The highest BCUT2D eigenvalue weighted by atomic mass is 79.9. The monoisotopic (exact) mass is 418 g/mol. The molecule has 0 fully saturated rings. The van der Waals surface area contributed by atoms with Crippen molar-refractivity contribution < 1.29 is 9.59 Å². The highest BCUT2D eigenvalue weighted by Crippen LogP contribution is 2.20. The normalized spacial score (nSPS) is 11.0. The van der Waals surface area contributed by atoms with Gasteiger partial charge in [0, 0.05) is 47.5 Å². The van der Waals surface area contributed by atoms with Crippen LogP contribution in [-0.4, -0.2) is 28.1 Å². The third kappa shape index (κ3) is 5.29. The number of nitrogens with one attached hydrogen (secondary N) is 2. The third-order valence-electron chi connectivity index (χ3n) is 4.09. The van der Waals surface area contributed by atoms with Crippen LogP contribution in [0.25, 0.3) is 6.08 Å². The SMILES string of the molecule is Cc1ccc(Br)cc1NC(=O)CCNC(=O)/C=C/c1c(C)nn(C)c1C. The summed E-state index contributed by atoms with van der Waals surface area (Å²) in [6.07, 6.45) is 3.42. The van der Waals surface area contributed by atoms with E-state index in [1.165, 1.54) is 6.08 Å². The number of hydrogen-bond acceptors (Lipinski definition) is 3. The predicted octanol–water partition coefficient (Wildman–Crippen LogP) is 3.27. The smallest absolute Gasteiger partial charge is 0.244 e. The van der Waals surface area contributed by atoms with Crippen molar-refractivity contribution in [2.75, 3.05) is 11.9 Å². The van der Waals surface area contributed by atoms with Gasteiger partial charge in [-0.3, -0.25) is 14.3 Å². The molecule has 0 bridgehead atoms. The molecule has 1 aromatic heterocycles. The van der Waals surface area contributed by atoms with Crippen LogP contribution in [0.5, 0.6) is 0 Å². The van der Waals surface area contributed by atoms with Crippen LogP contribution in [-0.2, 0) is 16.6 Å². The largest absolute Gasteiger partial charge is 0.352 e. The van der Waals surface area contributed by atoms with Crippen LogP contribution >= 0.6 is 15.9 Å². The zero-order valence-electron chi connectivity index (χ0n) is 15.4. The molecule has 0 unspecified atom stereocenters. The van der Waals surface area contributed by atoms with Gasteiger partial charge in [-0.25, -0.2) is 0 Å². The predicted molar refractivity (Wildman–Crippen MR) is 107 cm³/mol. The maximum atomic E-state index is 12.0. The topological polar surface area (TPSA) is 76.0 Å². The van der Waals surface area contributed by atoms with E-state index in [1.807, 2.05) is 46.0 Å². The average molecular weight is 419 g/mol. The fraction of sp³-hybridized carbons (Fsp3) is 0.316. The lowest BCUT2D eigenvalue weighted by Gasteiger charge is -2.09. The molecule has 7 heteroatoms. The number of carbonyl (C=O) groups excluding carboxylic acids is 2. The second-order valence-electron chi connectivity index (χ2n) is 6.09. The van der Waals surface area contributed by atoms with Crippen LogP contribution < -0.4 is 10.6 Å². The summed E-state index contributed by atoms with van der Waals surface area (Å²) in [5, 5.41) is 9.87. The molecule has 2 rings (SSSR count). The van der Waals surface area contributed by atoms with Gasteiger partial charge in [-0.05, 0) is 44.5 Å². The van der Waals surface area contributed by atoms with Gasteiger partial charge in [0.15, 0.2) is 0 Å². The van der Waals surface area contributed by atoms with E-state index < -0.39 is 0 Å². The zero-order valence-corrected chi connectivity index (χ0v) is 17.0. The molecule has 0 aliphatic heterocycles. The number of benzene rings is 1. The number of nitrogens with zero attached hydrogens (tertiary/aromatic N) is 2. The number of hydrogen-bond donors (Lipinski definition) is 2. The number of rotatable bonds is 6. The summed E-state index contributed by atoms with van der Waals surface area (Å²) >= 11 is 3.38. The molecule has 0 aliphatic rings. The minimum Gasteiger partial charge on any atom is -0.352 e. The Balaban J connectivity index is 1.81. The lowest BCUT2D eigenvalue weighted by atomic mass is 10.2. The molecule has 0 saturated carbocycles. The van der Waals surface area contributed by atoms with Crippen LogP contribution in [0.3, 0.4) is 0 Å². The molecule has 138 valence electrons. The lowest BCUT2D eigenvalue weighted by molar-refractivity contribution is -0.117. The highest BCUT2D eigenvalue weighted by molar-refractivity contribution is 9.10. The van der Waals surface area contributed by atoms with Gasteiger partial charge >= 0.3 is 0 Å². The first kappa shape index (κ1) is 19.9. The number of carbonyl (C=O) groups is 2. The Morgan fingerprint density at radius 2 is 2.00 bits per heavy atom. The molecular weight excluding hydrogens is 396 g/mol. The number of amides is 2. The summed E-state index contributed by atoms with van der Waals surface area (Å²) in [4.78, 5) is 23.9. The molecule has 6 nitrogen and oxygen atoms in total. The fourth-order valence-corrected chi connectivity index (χ4v) is 2.85. The molecule has 0 saturated heterocycles. The molecular formula is C19H23BrN4O2. The maximum Gasteiger partial charge on any atom is 0.244 e. The van der Waals surface area contributed by atoms with Crippen molar-refractivity contribution in [2.45, 2.75) is 27.2 Å². The van der Waals surface area contributed by atoms with Crippen LogP contribution in [0.4, 0.5) is 5.69 Å². The van der Waals surface area contributed by atoms with E-state index in [1.54, 1.807) is 10.8 Å². The quantitative estimate of drug-likeness (QED) is 0.706. The molecule has 2 N–H and O–H groups in total. The standard InChI is InChI=1S/C19H23BrN4O2/c1-12-5-6-15(20)11-17(12)22-19(26)9-10-21-18(25)8-7-16-13(2)23-24(4)14(16)3/h5-8,11H,9-10H2,1-4H3,(H,21,25)(H,22,26)/b8-7+. The molecule has 2 amide bonds. The summed E-state index contributed by atoms with van der Waals surface area (Å²) in [5.41, 5.74) is 4.55. The highest BCUT2D eigenvalue weighted by Gasteiger charge is 2.08. The summed E-state index contributed by atoms with van der Waals surface area (Å²) in [6, 6.07) is 5.70. The molecule has 26 heavy (non-hydrogen) atoms. The molecule has 0 spiro atoms. The first-order chi connectivity index (χ1) is 12.3. The van der Waals surface area contributed by atoms with E-state index in [9.17, 15) is 9.59 Å². The van der Waals surface area contributed by atoms with E-state index in [-0.39, 0.29) is 24.8 Å². The Kier molecular flexibility index (Phi) is 6.74. The molecule has 0 aliphatic carbocycles. The summed E-state index contributed by atoms with van der Waals surface area (Å²) < 4.78 is 2.68. The van der Waals surface area contributed by atoms with Gasteiger partial charge in [0.25, 0.3) is 0 Å². The molecule has 1 aromatic carbocycles. The van der Waals surface area contributed by atoms with Crippen LogP contribution in [0, 0.1) is 20.8 Å². The van der Waals surface area contributed by atoms with Crippen molar-refractivity contribution >= 4 is 39.5 Å². The van der Waals surface area contributed by atoms with E-state index in [4.69, 9.17) is 0 Å². The van der Waals surface area contributed by atoms with E-state index in [0.717, 1.165) is 32.7 Å². The van der Waals surface area contributed by atoms with Crippen molar-refractivity contribution in [3.05, 3.63) is 51.3 Å². The van der Waals surface area contributed by atoms with Gasteiger partial charge in [0.1, 0.15) is 0 Å². The van der Waals surface area contributed by atoms with Crippen molar-refractivity contribution in [3.8, 4) is 0 Å². The first-order valence-electron chi connectivity index (χ1n) is 8.30. The molecule has 2 aromatic rings. The van der Waals surface area contributed by atoms with Crippen molar-refractivity contribution in [2.24, 2.45) is 7.05 Å². The minimum absolute atomic E-state index is 0.144.